The van der Waals surface area contributed by atoms with E-state index in [2.05, 4.69) is 26.5 Å². The van der Waals surface area contributed by atoms with Crippen LogP contribution in [-0.2, 0) is 0 Å². The molecule has 0 unspecified atom stereocenters. The Morgan fingerprint density at radius 3 is 2.38 bits per heavy atom. The van der Waals surface area contributed by atoms with E-state index in [9.17, 15) is 4.79 Å². The first kappa shape index (κ1) is 17.9. The fourth-order valence-electron chi connectivity index (χ4n) is 2.59. The Bertz CT molecular complexity index is 986. The largest absolute Gasteiger partial charge is 0.496 e. The first-order chi connectivity index (χ1) is 12.6. The number of nitrogens with zero attached hydrogens (tertiary/aromatic N) is 1. The molecule has 3 aromatic carbocycles. The van der Waals surface area contributed by atoms with Crippen molar-refractivity contribution < 1.29 is 14.3 Å². The molecule has 1 amide bonds. The van der Waals surface area contributed by atoms with Gasteiger partial charge < -0.3 is 9.47 Å². The molecule has 0 bridgehead atoms. The first-order valence-electron chi connectivity index (χ1n) is 7.86. The van der Waals surface area contributed by atoms with Crippen LogP contribution in [0, 0.1) is 0 Å². The van der Waals surface area contributed by atoms with E-state index in [4.69, 9.17) is 9.47 Å². The molecule has 0 atom stereocenters. The van der Waals surface area contributed by atoms with Gasteiger partial charge in [0.15, 0.2) is 0 Å². The summed E-state index contributed by atoms with van der Waals surface area (Å²) in [5, 5.41) is 6.00. The zero-order valence-electron chi connectivity index (χ0n) is 14.3. The highest BCUT2D eigenvalue weighted by Crippen LogP contribution is 2.26. The number of benzene rings is 3. The summed E-state index contributed by atoms with van der Waals surface area (Å²) < 4.78 is 11.5. The van der Waals surface area contributed by atoms with Crippen LogP contribution in [0.15, 0.2) is 64.2 Å². The average Bonchev–Trinajstić information content (AvgIpc) is 2.67. The SMILES string of the molecule is COc1ccc(Br)cc1C=NNC(=O)c1cc2ccccc2cc1OC. The third kappa shape index (κ3) is 3.86. The Hall–Kier alpha value is -2.86. The van der Waals surface area contributed by atoms with E-state index >= 15 is 0 Å². The number of carbonyl (C=O) groups is 1. The zero-order chi connectivity index (χ0) is 18.5. The third-order valence-corrected chi connectivity index (χ3v) is 4.37. The molecule has 132 valence electrons. The van der Waals surface area contributed by atoms with Crippen LogP contribution in [0.3, 0.4) is 0 Å². The molecule has 0 aliphatic heterocycles. The zero-order valence-corrected chi connectivity index (χ0v) is 15.9. The van der Waals surface area contributed by atoms with Crippen LogP contribution in [0.2, 0.25) is 0 Å². The number of fused-ring (bicyclic) bond motifs is 1. The number of hydrogen-bond acceptors (Lipinski definition) is 4. The van der Waals surface area contributed by atoms with Crippen molar-refractivity contribution >= 4 is 38.8 Å². The highest BCUT2D eigenvalue weighted by atomic mass is 79.9. The van der Waals surface area contributed by atoms with Crippen molar-refractivity contribution in [2.45, 2.75) is 0 Å². The molecule has 5 nitrogen and oxygen atoms in total. The fourth-order valence-corrected chi connectivity index (χ4v) is 2.97. The second-order valence-corrected chi connectivity index (χ2v) is 6.40. The highest BCUT2D eigenvalue weighted by molar-refractivity contribution is 9.10. The standard InChI is InChI=1S/C20H17BrN2O3/c1-25-18-8-7-16(21)9-15(18)12-22-23-20(24)17-10-13-5-3-4-6-14(13)11-19(17)26-2/h3-12H,1-2H3,(H,23,24). The minimum absolute atomic E-state index is 0.349. The summed E-state index contributed by atoms with van der Waals surface area (Å²) in [6.45, 7) is 0. The second-order valence-electron chi connectivity index (χ2n) is 5.49. The molecule has 0 aliphatic rings. The molecule has 0 spiro atoms. The highest BCUT2D eigenvalue weighted by Gasteiger charge is 2.13. The third-order valence-electron chi connectivity index (χ3n) is 3.87. The molecule has 0 radical (unpaired) electrons. The van der Waals surface area contributed by atoms with Gasteiger partial charge in [-0.05, 0) is 41.1 Å². The van der Waals surface area contributed by atoms with Gasteiger partial charge in [0.2, 0.25) is 0 Å². The van der Waals surface area contributed by atoms with Crippen LogP contribution in [0.1, 0.15) is 15.9 Å². The molecular weight excluding hydrogens is 396 g/mol. The Labute approximate surface area is 159 Å². The smallest absolute Gasteiger partial charge is 0.275 e. The lowest BCUT2D eigenvalue weighted by Crippen LogP contribution is -2.18. The monoisotopic (exact) mass is 412 g/mol. The van der Waals surface area contributed by atoms with Gasteiger partial charge >= 0.3 is 0 Å². The van der Waals surface area contributed by atoms with Gasteiger partial charge in [-0.15, -0.1) is 0 Å². The van der Waals surface area contributed by atoms with Crippen LogP contribution >= 0.6 is 15.9 Å². The van der Waals surface area contributed by atoms with Crippen molar-refractivity contribution in [1.29, 1.82) is 0 Å². The maximum absolute atomic E-state index is 12.5. The van der Waals surface area contributed by atoms with Gasteiger partial charge in [-0.2, -0.15) is 5.10 Å². The minimum atomic E-state index is -0.349. The van der Waals surface area contributed by atoms with E-state index in [0.29, 0.717) is 17.1 Å². The Morgan fingerprint density at radius 2 is 1.69 bits per heavy atom. The van der Waals surface area contributed by atoms with Crippen LogP contribution in [0.5, 0.6) is 11.5 Å². The van der Waals surface area contributed by atoms with E-state index in [1.807, 2.05) is 48.5 Å². The number of carbonyl (C=O) groups excluding carboxylic acids is 1. The summed E-state index contributed by atoms with van der Waals surface area (Å²) in [5.74, 6) is 0.809. The average molecular weight is 413 g/mol. The summed E-state index contributed by atoms with van der Waals surface area (Å²) in [4.78, 5) is 12.5. The molecule has 26 heavy (non-hydrogen) atoms. The van der Waals surface area contributed by atoms with Gasteiger partial charge in [-0.1, -0.05) is 40.2 Å². The van der Waals surface area contributed by atoms with Crippen molar-refractivity contribution in [2.24, 2.45) is 5.10 Å². The van der Waals surface area contributed by atoms with Crippen molar-refractivity contribution in [3.8, 4) is 11.5 Å². The molecule has 0 fully saturated rings. The number of hydrazone groups is 1. The molecule has 0 aromatic heterocycles. The topological polar surface area (TPSA) is 59.9 Å². The minimum Gasteiger partial charge on any atom is -0.496 e. The molecule has 0 aliphatic carbocycles. The number of methoxy groups -OCH3 is 2. The quantitative estimate of drug-likeness (QED) is 0.499. The normalized spacial score (nSPS) is 10.9. The fraction of sp³-hybridized carbons (Fsp3) is 0.100. The van der Waals surface area contributed by atoms with Gasteiger partial charge in [0, 0.05) is 10.0 Å². The molecule has 0 heterocycles. The summed E-state index contributed by atoms with van der Waals surface area (Å²) >= 11 is 3.40. The number of nitrogens with one attached hydrogen (secondary N) is 1. The van der Waals surface area contributed by atoms with E-state index in [-0.39, 0.29) is 5.91 Å². The van der Waals surface area contributed by atoms with Gasteiger partial charge in [-0.25, -0.2) is 5.43 Å². The molecule has 1 N–H and O–H groups in total. The molecule has 3 rings (SSSR count). The first-order valence-corrected chi connectivity index (χ1v) is 8.65. The summed E-state index contributed by atoms with van der Waals surface area (Å²) in [6.07, 6.45) is 1.54. The van der Waals surface area contributed by atoms with Crippen LogP contribution in [-0.4, -0.2) is 26.3 Å². The molecule has 3 aromatic rings. The van der Waals surface area contributed by atoms with Crippen molar-refractivity contribution in [1.82, 2.24) is 5.43 Å². The second kappa shape index (κ2) is 8.01. The van der Waals surface area contributed by atoms with Crippen molar-refractivity contribution in [2.75, 3.05) is 14.2 Å². The molecule has 6 heteroatoms. The lowest BCUT2D eigenvalue weighted by atomic mass is 10.1. The Kier molecular flexibility index (Phi) is 5.53. The van der Waals surface area contributed by atoms with Crippen LogP contribution < -0.4 is 14.9 Å². The predicted octanol–water partition coefficient (Wildman–Crippen LogP) is 4.38. The Balaban J connectivity index is 1.84. The van der Waals surface area contributed by atoms with E-state index in [1.54, 1.807) is 13.2 Å². The lowest BCUT2D eigenvalue weighted by Gasteiger charge is -2.09. The summed E-state index contributed by atoms with van der Waals surface area (Å²) in [5.41, 5.74) is 3.70. The number of ether oxygens (including phenoxy) is 2. The maximum Gasteiger partial charge on any atom is 0.275 e. The Morgan fingerprint density at radius 1 is 1.00 bits per heavy atom. The van der Waals surface area contributed by atoms with Crippen molar-refractivity contribution in [3.63, 3.8) is 0 Å². The lowest BCUT2D eigenvalue weighted by molar-refractivity contribution is 0.0952. The predicted molar refractivity (Wildman–Crippen MR) is 106 cm³/mol. The van der Waals surface area contributed by atoms with Crippen LogP contribution in [0.25, 0.3) is 10.8 Å². The van der Waals surface area contributed by atoms with Gasteiger partial charge in [0.1, 0.15) is 11.5 Å². The summed E-state index contributed by atoms with van der Waals surface area (Å²) in [7, 11) is 3.12. The molecule has 0 saturated carbocycles. The van der Waals surface area contributed by atoms with Crippen LogP contribution in [0.4, 0.5) is 0 Å². The number of amides is 1. The van der Waals surface area contributed by atoms with E-state index in [0.717, 1.165) is 20.8 Å². The number of halogens is 1. The van der Waals surface area contributed by atoms with E-state index < -0.39 is 0 Å². The van der Waals surface area contributed by atoms with E-state index in [1.165, 1.54) is 13.3 Å². The summed E-state index contributed by atoms with van der Waals surface area (Å²) in [6, 6.07) is 17.0. The number of rotatable bonds is 5. The van der Waals surface area contributed by atoms with Gasteiger partial charge in [0.05, 0.1) is 26.0 Å². The maximum atomic E-state index is 12.5. The molecular formula is C20H17BrN2O3. The van der Waals surface area contributed by atoms with Crippen molar-refractivity contribution in [3.05, 3.63) is 70.2 Å². The van der Waals surface area contributed by atoms with Gasteiger partial charge in [-0.3, -0.25) is 4.79 Å². The number of hydrogen-bond donors (Lipinski definition) is 1. The van der Waals surface area contributed by atoms with Gasteiger partial charge in [0.25, 0.3) is 5.91 Å². The molecule has 0 saturated heterocycles.